The number of rotatable bonds is 10. The van der Waals surface area contributed by atoms with Crippen molar-refractivity contribution >= 4 is 0 Å². The Hall–Kier alpha value is -0.280. The molecule has 7 heteroatoms. The van der Waals surface area contributed by atoms with E-state index in [4.69, 9.17) is 29.9 Å². The molecule has 0 heterocycles. The first-order valence-corrected chi connectivity index (χ1v) is 5.50. The summed E-state index contributed by atoms with van der Waals surface area (Å²) in [5.41, 5.74) is 0. The topological polar surface area (TPSA) is 109 Å². The van der Waals surface area contributed by atoms with E-state index in [9.17, 15) is 0 Å². The van der Waals surface area contributed by atoms with Gasteiger partial charge in [-0.25, -0.2) is 0 Å². The molecule has 0 aromatic carbocycles. The van der Waals surface area contributed by atoms with E-state index >= 15 is 0 Å². The average molecular weight is 256 g/mol. The minimum Gasteiger partial charge on any atom is -0.394 e. The molecule has 0 bridgehead atoms. The summed E-state index contributed by atoms with van der Waals surface area (Å²) < 4.78 is 14.1. The first-order chi connectivity index (χ1) is 8.22. The second-order valence-electron chi connectivity index (χ2n) is 2.77. The molecule has 0 radical (unpaired) electrons. The Morgan fingerprint density at radius 3 is 1.76 bits per heavy atom. The van der Waals surface area contributed by atoms with Crippen molar-refractivity contribution < 1.29 is 34.6 Å². The second-order valence-corrected chi connectivity index (χ2v) is 2.77. The van der Waals surface area contributed by atoms with E-state index in [1.54, 1.807) is 6.92 Å². The van der Waals surface area contributed by atoms with Gasteiger partial charge in [-0.05, 0) is 6.92 Å². The van der Waals surface area contributed by atoms with Crippen LogP contribution < -0.4 is 0 Å². The lowest BCUT2D eigenvalue weighted by molar-refractivity contribution is -0.136. The molecular formula is C10H24O7. The summed E-state index contributed by atoms with van der Waals surface area (Å²) >= 11 is 0. The molecule has 0 rings (SSSR count). The van der Waals surface area contributed by atoms with Gasteiger partial charge in [0.05, 0.1) is 46.2 Å². The van der Waals surface area contributed by atoms with Crippen LogP contribution in [0.5, 0.6) is 0 Å². The third-order valence-corrected chi connectivity index (χ3v) is 1.33. The monoisotopic (exact) mass is 256 g/mol. The van der Waals surface area contributed by atoms with Crippen molar-refractivity contribution in [2.45, 2.75) is 13.2 Å². The van der Waals surface area contributed by atoms with Gasteiger partial charge in [0, 0.05) is 6.61 Å². The average Bonchev–Trinajstić information content (AvgIpc) is 2.31. The highest BCUT2D eigenvalue weighted by Gasteiger charge is 2.00. The Morgan fingerprint density at radius 1 is 0.882 bits per heavy atom. The first-order valence-electron chi connectivity index (χ1n) is 5.50. The highest BCUT2D eigenvalue weighted by Crippen LogP contribution is 1.86. The van der Waals surface area contributed by atoms with E-state index in [-0.39, 0.29) is 33.0 Å². The molecule has 17 heavy (non-hydrogen) atoms. The van der Waals surface area contributed by atoms with E-state index in [0.29, 0.717) is 19.8 Å². The third-order valence-electron chi connectivity index (χ3n) is 1.33. The fourth-order valence-corrected chi connectivity index (χ4v) is 0.720. The molecule has 0 aliphatic heterocycles. The third kappa shape index (κ3) is 21.5. The maximum atomic E-state index is 8.85. The van der Waals surface area contributed by atoms with Gasteiger partial charge in [0.2, 0.25) is 0 Å². The number of aliphatic hydroxyl groups excluding tert-OH is 4. The van der Waals surface area contributed by atoms with Crippen LogP contribution >= 0.6 is 0 Å². The fourth-order valence-electron chi connectivity index (χ4n) is 0.720. The van der Waals surface area contributed by atoms with Crippen LogP contribution in [0, 0.1) is 0 Å². The lowest BCUT2D eigenvalue weighted by Crippen LogP contribution is -2.19. The summed E-state index contributed by atoms with van der Waals surface area (Å²) in [6.07, 6.45) is -0.864. The molecule has 0 fully saturated rings. The predicted molar refractivity (Wildman–Crippen MR) is 60.5 cm³/mol. The molecule has 0 saturated heterocycles. The van der Waals surface area contributed by atoms with Crippen LogP contribution in [0.4, 0.5) is 0 Å². The quantitative estimate of drug-likeness (QED) is 0.273. The lowest BCUT2D eigenvalue weighted by atomic mass is 10.6. The molecule has 0 aromatic rings. The number of hydrogen-bond acceptors (Lipinski definition) is 7. The zero-order valence-electron chi connectivity index (χ0n) is 10.2. The smallest absolute Gasteiger partial charge is 0.178 e. The minimum atomic E-state index is -0.864. The van der Waals surface area contributed by atoms with Crippen LogP contribution in [0.25, 0.3) is 0 Å². The van der Waals surface area contributed by atoms with Gasteiger partial charge in [-0.1, -0.05) is 0 Å². The molecule has 0 saturated carbocycles. The molecule has 106 valence electrons. The highest BCUT2D eigenvalue weighted by atomic mass is 16.6. The maximum Gasteiger partial charge on any atom is 0.178 e. The summed E-state index contributed by atoms with van der Waals surface area (Å²) in [4.78, 5) is 0. The van der Waals surface area contributed by atoms with E-state index in [1.165, 1.54) is 0 Å². The fraction of sp³-hybridized carbons (Fsp3) is 1.00. The molecule has 1 unspecified atom stereocenters. The standard InChI is InChI=1S/C6H14O4.C4H10O3/c1-2-10-6(8)5-9-4-3-7;5-1-3-7-4-2-6/h6-8H,2-5H2,1H3;5-6H,1-4H2. The summed E-state index contributed by atoms with van der Waals surface area (Å²) in [6.45, 7) is 3.28. The van der Waals surface area contributed by atoms with Crippen LogP contribution in [-0.4, -0.2) is 79.6 Å². The van der Waals surface area contributed by atoms with E-state index < -0.39 is 6.29 Å². The maximum absolute atomic E-state index is 8.85. The minimum absolute atomic E-state index is 0.0278. The molecule has 1 atom stereocenters. The van der Waals surface area contributed by atoms with E-state index in [0.717, 1.165) is 0 Å². The Morgan fingerprint density at radius 2 is 1.35 bits per heavy atom. The Labute approximate surface area is 102 Å². The summed E-state index contributed by atoms with van der Waals surface area (Å²) in [5.74, 6) is 0. The van der Waals surface area contributed by atoms with Gasteiger partial charge in [0.25, 0.3) is 0 Å². The van der Waals surface area contributed by atoms with Crippen LogP contribution in [0.1, 0.15) is 6.92 Å². The number of hydrogen-bond donors (Lipinski definition) is 4. The van der Waals surface area contributed by atoms with Crippen LogP contribution in [-0.2, 0) is 14.2 Å². The molecule has 7 nitrogen and oxygen atoms in total. The summed E-state index contributed by atoms with van der Waals surface area (Å²) in [5, 5.41) is 33.3. The van der Waals surface area contributed by atoms with Gasteiger partial charge < -0.3 is 34.6 Å². The van der Waals surface area contributed by atoms with E-state index in [1.807, 2.05) is 0 Å². The molecule has 0 aliphatic rings. The van der Waals surface area contributed by atoms with E-state index in [2.05, 4.69) is 4.74 Å². The van der Waals surface area contributed by atoms with Crippen LogP contribution in [0.15, 0.2) is 0 Å². The molecule has 0 amide bonds. The van der Waals surface area contributed by atoms with Gasteiger partial charge in [-0.3, -0.25) is 0 Å². The lowest BCUT2D eigenvalue weighted by Gasteiger charge is -2.09. The molecule has 0 aliphatic carbocycles. The van der Waals surface area contributed by atoms with Crippen molar-refractivity contribution in [1.29, 1.82) is 0 Å². The highest BCUT2D eigenvalue weighted by molar-refractivity contribution is 4.35. The normalized spacial score (nSPS) is 11.8. The molecule has 0 aromatic heterocycles. The van der Waals surface area contributed by atoms with Crippen LogP contribution in [0.2, 0.25) is 0 Å². The first kappa shape index (κ1) is 19.1. The van der Waals surface area contributed by atoms with Crippen molar-refractivity contribution in [1.82, 2.24) is 0 Å². The SMILES string of the molecule is CCOC(O)COCCO.OCCOCCO. The van der Waals surface area contributed by atoms with Crippen molar-refractivity contribution in [3.05, 3.63) is 0 Å². The Bertz CT molecular complexity index is 119. The van der Waals surface area contributed by atoms with Crippen molar-refractivity contribution in [2.24, 2.45) is 0 Å². The second kappa shape index (κ2) is 18.1. The Balaban J connectivity index is 0. The van der Waals surface area contributed by atoms with Gasteiger partial charge in [0.15, 0.2) is 6.29 Å². The van der Waals surface area contributed by atoms with Gasteiger partial charge in [-0.15, -0.1) is 0 Å². The van der Waals surface area contributed by atoms with Gasteiger partial charge in [-0.2, -0.15) is 0 Å². The van der Waals surface area contributed by atoms with Crippen molar-refractivity contribution in [3.63, 3.8) is 0 Å². The molecule has 0 spiro atoms. The molecule has 4 N–H and O–H groups in total. The zero-order chi connectivity index (χ0) is 13.4. The molecular weight excluding hydrogens is 232 g/mol. The van der Waals surface area contributed by atoms with Crippen LogP contribution in [0.3, 0.4) is 0 Å². The van der Waals surface area contributed by atoms with Crippen molar-refractivity contribution in [3.8, 4) is 0 Å². The zero-order valence-corrected chi connectivity index (χ0v) is 10.2. The summed E-state index contributed by atoms with van der Waals surface area (Å²) in [7, 11) is 0. The largest absolute Gasteiger partial charge is 0.394 e. The Kier molecular flexibility index (Phi) is 20.3. The van der Waals surface area contributed by atoms with Gasteiger partial charge >= 0.3 is 0 Å². The van der Waals surface area contributed by atoms with Crippen molar-refractivity contribution in [2.75, 3.05) is 52.9 Å². The summed E-state index contributed by atoms with van der Waals surface area (Å²) in [6, 6.07) is 0. The number of aliphatic hydroxyl groups is 4. The number of ether oxygens (including phenoxy) is 3. The van der Waals surface area contributed by atoms with Gasteiger partial charge in [0.1, 0.15) is 0 Å². The predicted octanol–water partition coefficient (Wildman–Crippen LogP) is -1.66.